The van der Waals surface area contributed by atoms with E-state index in [-0.39, 0.29) is 18.9 Å². The molecule has 0 saturated heterocycles. The molecule has 8 heteroatoms. The van der Waals surface area contributed by atoms with E-state index in [0.29, 0.717) is 12.2 Å². The Balaban J connectivity index is 1.56. The Bertz CT molecular complexity index is 1050. The van der Waals surface area contributed by atoms with Crippen molar-refractivity contribution in [2.45, 2.75) is 53.4 Å². The predicted molar refractivity (Wildman–Crippen MR) is 113 cm³/mol. The van der Waals surface area contributed by atoms with Crippen LogP contribution < -0.4 is 5.32 Å². The van der Waals surface area contributed by atoms with Gasteiger partial charge in [-0.25, -0.2) is 9.50 Å². The summed E-state index contributed by atoms with van der Waals surface area (Å²) in [6, 6.07) is 5.97. The van der Waals surface area contributed by atoms with Gasteiger partial charge >= 0.3 is 5.97 Å². The van der Waals surface area contributed by atoms with E-state index in [2.05, 4.69) is 20.4 Å². The molecule has 8 nitrogen and oxygen atoms in total. The number of amides is 1. The normalized spacial score (nSPS) is 10.9. The van der Waals surface area contributed by atoms with Gasteiger partial charge in [-0.15, -0.1) is 0 Å². The monoisotopic (exact) mass is 409 g/mol. The van der Waals surface area contributed by atoms with Gasteiger partial charge in [-0.3, -0.25) is 9.59 Å². The van der Waals surface area contributed by atoms with Crippen molar-refractivity contribution in [3.63, 3.8) is 0 Å². The number of rotatable bonds is 8. The highest BCUT2D eigenvalue weighted by atomic mass is 16.5. The summed E-state index contributed by atoms with van der Waals surface area (Å²) in [7, 11) is 0. The number of aryl methyl sites for hydroxylation is 4. The van der Waals surface area contributed by atoms with Gasteiger partial charge in [-0.2, -0.15) is 10.1 Å². The summed E-state index contributed by atoms with van der Waals surface area (Å²) in [5.41, 5.74) is 5.58. The van der Waals surface area contributed by atoms with Crippen molar-refractivity contribution in [3.8, 4) is 0 Å². The maximum atomic E-state index is 12.3. The molecule has 0 bridgehead atoms. The Kier molecular flexibility index (Phi) is 6.76. The van der Waals surface area contributed by atoms with Gasteiger partial charge in [0, 0.05) is 23.5 Å². The van der Waals surface area contributed by atoms with Gasteiger partial charge in [0.1, 0.15) is 6.33 Å². The molecule has 1 N–H and O–H groups in total. The Morgan fingerprint density at radius 1 is 1.13 bits per heavy atom. The second kappa shape index (κ2) is 9.47. The number of ether oxygens (including phenoxy) is 1. The molecule has 30 heavy (non-hydrogen) atoms. The number of para-hydroxylation sites is 1. The van der Waals surface area contributed by atoms with Gasteiger partial charge in [0.25, 0.3) is 11.7 Å². The van der Waals surface area contributed by atoms with E-state index in [1.165, 1.54) is 6.33 Å². The summed E-state index contributed by atoms with van der Waals surface area (Å²) in [6.45, 7) is 7.57. The number of nitrogens with one attached hydrogen (secondary N) is 1. The Morgan fingerprint density at radius 2 is 1.83 bits per heavy atom. The van der Waals surface area contributed by atoms with Crippen molar-refractivity contribution in [3.05, 3.63) is 52.6 Å². The van der Waals surface area contributed by atoms with E-state index in [9.17, 15) is 9.59 Å². The van der Waals surface area contributed by atoms with Gasteiger partial charge in [0.2, 0.25) is 0 Å². The number of hydrogen-bond acceptors (Lipinski definition) is 6. The van der Waals surface area contributed by atoms with E-state index in [4.69, 9.17) is 4.74 Å². The number of aromatic nitrogens is 4. The Labute approximate surface area is 175 Å². The molecular weight excluding hydrogens is 382 g/mol. The Hall–Kier alpha value is -3.29. The van der Waals surface area contributed by atoms with Crippen LogP contribution in [0.15, 0.2) is 24.5 Å². The average molecular weight is 409 g/mol. The standard InChI is InChI=1S/C22H27N5O3/c1-5-16-8-7-9-17(6-2)21(16)26-19(28)12-30-20(29)11-10-18-14(3)25-22-23-13-24-27(22)15(18)4/h7-9,13H,5-6,10-12H2,1-4H3,(H,26,28). The zero-order valence-electron chi connectivity index (χ0n) is 17.9. The molecule has 3 aromatic rings. The highest BCUT2D eigenvalue weighted by molar-refractivity contribution is 5.94. The van der Waals surface area contributed by atoms with Crippen LogP contribution in [0.5, 0.6) is 0 Å². The zero-order valence-corrected chi connectivity index (χ0v) is 17.9. The van der Waals surface area contributed by atoms with Gasteiger partial charge in [-0.05, 0) is 49.8 Å². The first-order chi connectivity index (χ1) is 14.4. The first-order valence-electron chi connectivity index (χ1n) is 10.2. The number of carbonyl (C=O) groups is 2. The molecule has 3 rings (SSSR count). The number of esters is 1. The maximum Gasteiger partial charge on any atom is 0.306 e. The molecule has 158 valence electrons. The summed E-state index contributed by atoms with van der Waals surface area (Å²) < 4.78 is 6.84. The molecule has 0 radical (unpaired) electrons. The van der Waals surface area contributed by atoms with Crippen molar-refractivity contribution in [2.75, 3.05) is 11.9 Å². The first kappa shape index (κ1) is 21.4. The number of benzene rings is 1. The van der Waals surface area contributed by atoms with Crippen LogP contribution >= 0.6 is 0 Å². The minimum absolute atomic E-state index is 0.155. The number of fused-ring (bicyclic) bond motifs is 1. The fourth-order valence-corrected chi connectivity index (χ4v) is 3.54. The summed E-state index contributed by atoms with van der Waals surface area (Å²) in [6.07, 6.45) is 3.69. The molecule has 1 aromatic carbocycles. The number of anilines is 1. The fourth-order valence-electron chi connectivity index (χ4n) is 3.54. The third kappa shape index (κ3) is 4.64. The predicted octanol–water partition coefficient (Wildman–Crippen LogP) is 2.98. The lowest BCUT2D eigenvalue weighted by atomic mass is 10.0. The van der Waals surface area contributed by atoms with Crippen molar-refractivity contribution in [2.24, 2.45) is 0 Å². The smallest absolute Gasteiger partial charge is 0.306 e. The molecule has 1 amide bonds. The van der Waals surface area contributed by atoms with E-state index in [0.717, 1.165) is 46.6 Å². The molecule has 0 aliphatic rings. The van der Waals surface area contributed by atoms with Crippen molar-refractivity contribution in [1.29, 1.82) is 0 Å². The first-order valence-corrected chi connectivity index (χ1v) is 10.2. The highest BCUT2D eigenvalue weighted by Gasteiger charge is 2.15. The zero-order chi connectivity index (χ0) is 21.7. The van der Waals surface area contributed by atoms with Gasteiger partial charge in [0.15, 0.2) is 6.61 Å². The lowest BCUT2D eigenvalue weighted by Crippen LogP contribution is -2.22. The summed E-state index contributed by atoms with van der Waals surface area (Å²) in [4.78, 5) is 33.0. The molecule has 0 aliphatic carbocycles. The van der Waals surface area contributed by atoms with Gasteiger partial charge in [0.05, 0.1) is 0 Å². The van der Waals surface area contributed by atoms with Crippen LogP contribution in [-0.4, -0.2) is 38.1 Å². The van der Waals surface area contributed by atoms with Crippen LogP contribution in [0.2, 0.25) is 0 Å². The number of hydrogen-bond donors (Lipinski definition) is 1. The molecule has 0 aliphatic heterocycles. The third-order valence-electron chi connectivity index (χ3n) is 5.20. The maximum absolute atomic E-state index is 12.3. The minimum Gasteiger partial charge on any atom is -0.456 e. The van der Waals surface area contributed by atoms with E-state index >= 15 is 0 Å². The molecule has 0 unspecified atom stereocenters. The van der Waals surface area contributed by atoms with Crippen LogP contribution in [0.4, 0.5) is 5.69 Å². The summed E-state index contributed by atoms with van der Waals surface area (Å²) >= 11 is 0. The second-order valence-electron chi connectivity index (χ2n) is 7.10. The second-order valence-corrected chi connectivity index (χ2v) is 7.10. The number of nitrogens with zero attached hydrogens (tertiary/aromatic N) is 4. The summed E-state index contributed by atoms with van der Waals surface area (Å²) in [5, 5.41) is 7.05. The quantitative estimate of drug-likeness (QED) is 0.574. The molecule has 0 spiro atoms. The summed E-state index contributed by atoms with van der Waals surface area (Å²) in [5.74, 6) is -0.231. The lowest BCUT2D eigenvalue weighted by Gasteiger charge is -2.14. The van der Waals surface area contributed by atoms with E-state index in [1.807, 2.05) is 45.9 Å². The Morgan fingerprint density at radius 3 is 2.50 bits per heavy atom. The van der Waals surface area contributed by atoms with Crippen molar-refractivity contribution < 1.29 is 14.3 Å². The van der Waals surface area contributed by atoms with Crippen molar-refractivity contribution >= 4 is 23.3 Å². The van der Waals surface area contributed by atoms with Crippen molar-refractivity contribution in [1.82, 2.24) is 19.6 Å². The van der Waals surface area contributed by atoms with Crippen LogP contribution in [0.3, 0.4) is 0 Å². The lowest BCUT2D eigenvalue weighted by molar-refractivity contribution is -0.147. The minimum atomic E-state index is -0.429. The van der Waals surface area contributed by atoms with Gasteiger partial charge in [-0.1, -0.05) is 32.0 Å². The van der Waals surface area contributed by atoms with Crippen LogP contribution in [0.1, 0.15) is 48.3 Å². The third-order valence-corrected chi connectivity index (χ3v) is 5.20. The van der Waals surface area contributed by atoms with Crippen LogP contribution in [0, 0.1) is 13.8 Å². The van der Waals surface area contributed by atoms with E-state index in [1.54, 1.807) is 4.52 Å². The SMILES string of the molecule is CCc1cccc(CC)c1NC(=O)COC(=O)CCc1c(C)nc2ncnn2c1C. The number of carbonyl (C=O) groups excluding carboxylic acids is 2. The molecule has 2 heterocycles. The molecule has 0 atom stereocenters. The van der Waals surface area contributed by atoms with Crippen LogP contribution in [-0.2, 0) is 33.6 Å². The van der Waals surface area contributed by atoms with E-state index < -0.39 is 5.97 Å². The largest absolute Gasteiger partial charge is 0.456 e. The molecule has 0 fully saturated rings. The topological polar surface area (TPSA) is 98.5 Å². The molecular formula is C22H27N5O3. The molecule has 2 aromatic heterocycles. The van der Waals surface area contributed by atoms with Gasteiger partial charge < -0.3 is 10.1 Å². The highest BCUT2D eigenvalue weighted by Crippen LogP contribution is 2.22. The average Bonchev–Trinajstić information content (AvgIpc) is 3.20. The fraction of sp³-hybridized carbons (Fsp3) is 0.409. The van der Waals surface area contributed by atoms with Crippen LogP contribution in [0.25, 0.3) is 5.78 Å². The molecule has 0 saturated carbocycles.